The van der Waals surface area contributed by atoms with Crippen molar-refractivity contribution in [1.29, 1.82) is 0 Å². The van der Waals surface area contributed by atoms with E-state index in [0.717, 1.165) is 16.7 Å². The smallest absolute Gasteiger partial charge is 0.407 e. The first-order valence-corrected chi connectivity index (χ1v) is 10.3. The van der Waals surface area contributed by atoms with Crippen LogP contribution in [0.3, 0.4) is 0 Å². The first kappa shape index (κ1) is 22.2. The molecular formula is C24H30F2N2O2. The highest BCUT2D eigenvalue weighted by molar-refractivity contribution is 5.68. The van der Waals surface area contributed by atoms with Crippen molar-refractivity contribution in [1.82, 2.24) is 10.2 Å². The monoisotopic (exact) mass is 416 g/mol. The first-order valence-electron chi connectivity index (χ1n) is 10.3. The van der Waals surface area contributed by atoms with Gasteiger partial charge in [0.1, 0.15) is 17.7 Å². The molecule has 0 radical (unpaired) electrons. The van der Waals surface area contributed by atoms with E-state index >= 15 is 0 Å². The van der Waals surface area contributed by atoms with Gasteiger partial charge in [0.2, 0.25) is 0 Å². The van der Waals surface area contributed by atoms with E-state index in [1.54, 1.807) is 18.2 Å². The number of hydrogen-bond donors (Lipinski definition) is 1. The number of carbonyl (C=O) groups is 1. The second-order valence-electron chi connectivity index (χ2n) is 9.12. The van der Waals surface area contributed by atoms with Crippen molar-refractivity contribution < 1.29 is 18.3 Å². The molecule has 6 heteroatoms. The molecule has 2 aromatic carbocycles. The summed E-state index contributed by atoms with van der Waals surface area (Å²) in [5.41, 5.74) is 2.73. The number of halogens is 2. The van der Waals surface area contributed by atoms with Crippen LogP contribution in [0.25, 0.3) is 0 Å². The lowest BCUT2D eigenvalue weighted by molar-refractivity contribution is 0.0548. The van der Waals surface area contributed by atoms with E-state index in [9.17, 15) is 13.6 Å². The molecule has 1 heterocycles. The maximum atomic E-state index is 13.8. The minimum absolute atomic E-state index is 0.0986. The summed E-state index contributed by atoms with van der Waals surface area (Å²) in [6.45, 7) is 8.78. The van der Waals surface area contributed by atoms with Crippen molar-refractivity contribution in [3.05, 3.63) is 70.8 Å². The Morgan fingerprint density at radius 2 is 1.80 bits per heavy atom. The van der Waals surface area contributed by atoms with Gasteiger partial charge in [0.15, 0.2) is 0 Å². The topological polar surface area (TPSA) is 41.6 Å². The Labute approximate surface area is 177 Å². The van der Waals surface area contributed by atoms with Crippen LogP contribution in [0.4, 0.5) is 13.6 Å². The largest absolute Gasteiger partial charge is 0.445 e. The average Bonchev–Trinajstić information content (AvgIpc) is 2.62. The number of carbonyl (C=O) groups excluding carboxylic acids is 1. The number of ether oxygens (including phenoxy) is 1. The van der Waals surface area contributed by atoms with Gasteiger partial charge >= 0.3 is 6.09 Å². The van der Waals surface area contributed by atoms with E-state index in [0.29, 0.717) is 25.9 Å². The van der Waals surface area contributed by atoms with Crippen LogP contribution in [0.1, 0.15) is 44.4 Å². The van der Waals surface area contributed by atoms with Gasteiger partial charge < -0.3 is 10.1 Å². The summed E-state index contributed by atoms with van der Waals surface area (Å²) < 4.78 is 32.6. The molecule has 1 aliphatic rings. The van der Waals surface area contributed by atoms with Crippen molar-refractivity contribution in [3.8, 4) is 0 Å². The Morgan fingerprint density at radius 1 is 1.13 bits per heavy atom. The molecule has 0 aliphatic carbocycles. The Morgan fingerprint density at radius 3 is 2.47 bits per heavy atom. The molecule has 0 aromatic heterocycles. The summed E-state index contributed by atoms with van der Waals surface area (Å²) in [5.74, 6) is -0.503. The molecule has 0 spiro atoms. The lowest BCUT2D eigenvalue weighted by Gasteiger charge is -2.38. The van der Waals surface area contributed by atoms with Crippen molar-refractivity contribution in [3.63, 3.8) is 0 Å². The SMILES string of the molecule is CC(CN1Cc2ccc(F)cc2C[C@H]1Cc1ccc(F)cc1)OC(=O)NC(C)(C)C. The van der Waals surface area contributed by atoms with Crippen molar-refractivity contribution in [2.75, 3.05) is 6.54 Å². The van der Waals surface area contributed by atoms with Gasteiger partial charge in [-0.15, -0.1) is 0 Å². The molecule has 1 unspecified atom stereocenters. The molecule has 4 nitrogen and oxygen atoms in total. The van der Waals surface area contributed by atoms with E-state index in [-0.39, 0.29) is 29.3 Å². The zero-order valence-corrected chi connectivity index (χ0v) is 18.0. The van der Waals surface area contributed by atoms with Crippen LogP contribution in [0, 0.1) is 11.6 Å². The number of amides is 1. The third-order valence-corrected chi connectivity index (χ3v) is 5.18. The first-order chi connectivity index (χ1) is 14.1. The molecule has 2 aromatic rings. The van der Waals surface area contributed by atoms with Gasteiger partial charge in [-0.1, -0.05) is 18.2 Å². The van der Waals surface area contributed by atoms with E-state index in [2.05, 4.69) is 10.2 Å². The molecule has 1 amide bonds. The molecule has 0 saturated carbocycles. The van der Waals surface area contributed by atoms with E-state index in [4.69, 9.17) is 4.74 Å². The maximum Gasteiger partial charge on any atom is 0.407 e. The Hall–Kier alpha value is -2.47. The summed E-state index contributed by atoms with van der Waals surface area (Å²) in [7, 11) is 0. The lowest BCUT2D eigenvalue weighted by Crippen LogP contribution is -2.47. The number of alkyl carbamates (subject to hydrolysis) is 1. The Balaban J connectivity index is 1.73. The molecule has 162 valence electrons. The van der Waals surface area contributed by atoms with Crippen LogP contribution in [0.5, 0.6) is 0 Å². The van der Waals surface area contributed by atoms with E-state index < -0.39 is 6.09 Å². The van der Waals surface area contributed by atoms with Gasteiger partial charge in [0.25, 0.3) is 0 Å². The van der Waals surface area contributed by atoms with Crippen LogP contribution in [0.15, 0.2) is 42.5 Å². The molecule has 3 rings (SSSR count). The number of nitrogens with one attached hydrogen (secondary N) is 1. The lowest BCUT2D eigenvalue weighted by atomic mass is 9.90. The minimum atomic E-state index is -0.440. The van der Waals surface area contributed by atoms with Gasteiger partial charge in [0.05, 0.1) is 0 Å². The van der Waals surface area contributed by atoms with Gasteiger partial charge in [-0.25, -0.2) is 13.6 Å². The zero-order chi connectivity index (χ0) is 21.9. The zero-order valence-electron chi connectivity index (χ0n) is 18.0. The Bertz CT molecular complexity index is 878. The third-order valence-electron chi connectivity index (χ3n) is 5.18. The maximum absolute atomic E-state index is 13.8. The molecule has 1 N–H and O–H groups in total. The van der Waals surface area contributed by atoms with Crippen molar-refractivity contribution in [2.24, 2.45) is 0 Å². The van der Waals surface area contributed by atoms with Crippen LogP contribution in [-0.2, 0) is 24.1 Å². The van der Waals surface area contributed by atoms with Gasteiger partial charge in [0, 0.05) is 24.7 Å². The Kier molecular flexibility index (Phi) is 6.76. The summed E-state index contributed by atoms with van der Waals surface area (Å²) in [6.07, 6.45) is 0.636. The minimum Gasteiger partial charge on any atom is -0.445 e. The standard InChI is InChI=1S/C24H30F2N2O2/c1-16(30-23(29)27-24(2,3)4)14-28-15-18-7-10-21(26)12-19(18)13-22(28)11-17-5-8-20(25)9-6-17/h5-10,12,16,22H,11,13-15H2,1-4H3,(H,27,29)/t16?,22-/m1/s1. The normalized spacial score (nSPS) is 17.9. The molecular weight excluding hydrogens is 386 g/mol. The van der Waals surface area contributed by atoms with Crippen molar-refractivity contribution >= 4 is 6.09 Å². The molecule has 0 fully saturated rings. The molecule has 0 bridgehead atoms. The highest BCUT2D eigenvalue weighted by Crippen LogP contribution is 2.27. The van der Waals surface area contributed by atoms with Crippen molar-refractivity contribution in [2.45, 2.75) is 64.8 Å². The van der Waals surface area contributed by atoms with Gasteiger partial charge in [-0.2, -0.15) is 0 Å². The average molecular weight is 417 g/mol. The van der Waals surface area contributed by atoms with Gasteiger partial charge in [-0.05, 0) is 81.5 Å². The van der Waals surface area contributed by atoms with Crippen LogP contribution < -0.4 is 5.32 Å². The fourth-order valence-electron chi connectivity index (χ4n) is 3.86. The number of fused-ring (bicyclic) bond motifs is 1. The van der Waals surface area contributed by atoms with Crippen LogP contribution in [-0.4, -0.2) is 35.2 Å². The van der Waals surface area contributed by atoms with Gasteiger partial charge in [-0.3, -0.25) is 4.90 Å². The number of nitrogens with zero attached hydrogens (tertiary/aromatic N) is 1. The quantitative estimate of drug-likeness (QED) is 0.758. The molecule has 0 saturated heterocycles. The number of hydrogen-bond acceptors (Lipinski definition) is 3. The predicted molar refractivity (Wildman–Crippen MR) is 113 cm³/mol. The second-order valence-corrected chi connectivity index (χ2v) is 9.12. The highest BCUT2D eigenvalue weighted by atomic mass is 19.1. The number of rotatable bonds is 5. The fraction of sp³-hybridized carbons (Fsp3) is 0.458. The van der Waals surface area contributed by atoms with E-state index in [1.165, 1.54) is 18.2 Å². The van der Waals surface area contributed by atoms with Crippen LogP contribution in [0.2, 0.25) is 0 Å². The summed E-state index contributed by atoms with van der Waals surface area (Å²) in [4.78, 5) is 14.4. The summed E-state index contributed by atoms with van der Waals surface area (Å²) >= 11 is 0. The second kappa shape index (κ2) is 9.13. The molecule has 30 heavy (non-hydrogen) atoms. The molecule has 1 aliphatic heterocycles. The summed E-state index contributed by atoms with van der Waals surface area (Å²) in [5, 5.41) is 2.81. The predicted octanol–water partition coefficient (Wildman–Crippen LogP) is 4.85. The van der Waals surface area contributed by atoms with E-state index in [1.807, 2.05) is 33.8 Å². The number of benzene rings is 2. The third kappa shape index (κ3) is 6.26. The summed E-state index contributed by atoms with van der Waals surface area (Å²) in [6, 6.07) is 11.5. The van der Waals surface area contributed by atoms with Crippen LogP contribution >= 0.6 is 0 Å². The fourth-order valence-corrected chi connectivity index (χ4v) is 3.86. The highest BCUT2D eigenvalue weighted by Gasteiger charge is 2.29. The molecule has 2 atom stereocenters.